The number of amidine groups is 1. The van der Waals surface area contributed by atoms with Gasteiger partial charge < -0.3 is 10.9 Å². The van der Waals surface area contributed by atoms with Gasteiger partial charge >= 0.3 is 0 Å². The van der Waals surface area contributed by atoms with Crippen molar-refractivity contribution < 1.29 is 5.21 Å². The number of nitrogens with two attached hydrogens (primary N) is 1. The molecule has 0 radical (unpaired) electrons. The first-order chi connectivity index (χ1) is 9.12. The summed E-state index contributed by atoms with van der Waals surface area (Å²) >= 11 is 0. The van der Waals surface area contributed by atoms with E-state index in [0.29, 0.717) is 0 Å². The fourth-order valence-corrected chi connectivity index (χ4v) is 2.23. The Morgan fingerprint density at radius 2 is 1.89 bits per heavy atom. The molecule has 1 aromatic carbocycles. The molecule has 0 aliphatic carbocycles. The molecular formula is C15H25N3O. The number of rotatable bonds is 7. The van der Waals surface area contributed by atoms with Crippen molar-refractivity contribution in [2.24, 2.45) is 10.9 Å². The molecule has 0 bridgehead atoms. The van der Waals surface area contributed by atoms with Crippen LogP contribution in [0.2, 0.25) is 0 Å². The van der Waals surface area contributed by atoms with Gasteiger partial charge in [0.1, 0.15) is 0 Å². The molecule has 0 saturated heterocycles. The van der Waals surface area contributed by atoms with Gasteiger partial charge in [0.25, 0.3) is 0 Å². The van der Waals surface area contributed by atoms with E-state index < -0.39 is 0 Å². The van der Waals surface area contributed by atoms with Crippen molar-refractivity contribution in [2.45, 2.75) is 40.2 Å². The summed E-state index contributed by atoms with van der Waals surface area (Å²) in [7, 11) is 0. The van der Waals surface area contributed by atoms with Gasteiger partial charge in [0.05, 0.1) is 0 Å². The molecule has 0 atom stereocenters. The van der Waals surface area contributed by atoms with Crippen LogP contribution in [0.15, 0.2) is 23.4 Å². The summed E-state index contributed by atoms with van der Waals surface area (Å²) < 4.78 is 0. The maximum Gasteiger partial charge on any atom is 0.170 e. The van der Waals surface area contributed by atoms with E-state index in [9.17, 15) is 0 Å². The van der Waals surface area contributed by atoms with Gasteiger partial charge in [-0.25, -0.2) is 0 Å². The van der Waals surface area contributed by atoms with E-state index in [1.165, 1.54) is 24.0 Å². The number of nitrogens with zero attached hydrogens (tertiary/aromatic N) is 2. The number of oxime groups is 1. The topological polar surface area (TPSA) is 61.8 Å². The first-order valence-electron chi connectivity index (χ1n) is 6.92. The minimum absolute atomic E-state index is 0.161. The zero-order valence-corrected chi connectivity index (χ0v) is 12.2. The summed E-state index contributed by atoms with van der Waals surface area (Å²) in [5, 5.41) is 11.7. The molecule has 0 aliphatic heterocycles. The molecule has 0 unspecified atom stereocenters. The number of hydrogen-bond acceptors (Lipinski definition) is 3. The van der Waals surface area contributed by atoms with Gasteiger partial charge in [-0.15, -0.1) is 0 Å². The van der Waals surface area contributed by atoms with Gasteiger partial charge in [0.15, 0.2) is 5.84 Å². The highest BCUT2D eigenvalue weighted by molar-refractivity contribution is 5.97. The Bertz CT molecular complexity index is 423. The maximum absolute atomic E-state index is 8.69. The zero-order valence-electron chi connectivity index (χ0n) is 12.2. The van der Waals surface area contributed by atoms with Crippen molar-refractivity contribution in [1.29, 1.82) is 0 Å². The minimum atomic E-state index is 0.161. The third-order valence-corrected chi connectivity index (χ3v) is 3.22. The van der Waals surface area contributed by atoms with Crippen LogP contribution in [0.3, 0.4) is 0 Å². The van der Waals surface area contributed by atoms with Crippen LogP contribution in [0.4, 0.5) is 0 Å². The summed E-state index contributed by atoms with van der Waals surface area (Å²) in [5.74, 6) is 0.161. The van der Waals surface area contributed by atoms with E-state index in [1.807, 2.05) is 12.1 Å². The van der Waals surface area contributed by atoms with Crippen molar-refractivity contribution in [3.63, 3.8) is 0 Å². The average molecular weight is 263 g/mol. The van der Waals surface area contributed by atoms with Gasteiger partial charge in [0, 0.05) is 12.1 Å². The lowest BCUT2D eigenvalue weighted by molar-refractivity contribution is 0.266. The minimum Gasteiger partial charge on any atom is -0.409 e. The Morgan fingerprint density at radius 1 is 1.26 bits per heavy atom. The van der Waals surface area contributed by atoms with E-state index >= 15 is 0 Å². The molecular weight excluding hydrogens is 238 g/mol. The van der Waals surface area contributed by atoms with Gasteiger partial charge in [0.2, 0.25) is 0 Å². The maximum atomic E-state index is 8.69. The molecule has 0 spiro atoms. The van der Waals surface area contributed by atoms with Crippen LogP contribution in [-0.2, 0) is 6.54 Å². The monoisotopic (exact) mass is 263 g/mol. The van der Waals surface area contributed by atoms with Crippen molar-refractivity contribution in [3.05, 3.63) is 34.9 Å². The second-order valence-electron chi connectivity index (χ2n) is 4.90. The molecule has 0 aromatic heterocycles. The molecule has 3 N–H and O–H groups in total. The Kier molecular flexibility index (Phi) is 6.36. The fraction of sp³-hybridized carbons (Fsp3) is 0.533. The number of aryl methyl sites for hydroxylation is 1. The summed E-state index contributed by atoms with van der Waals surface area (Å²) in [4.78, 5) is 2.46. The summed E-state index contributed by atoms with van der Waals surface area (Å²) in [6.07, 6.45) is 2.34. The van der Waals surface area contributed by atoms with Gasteiger partial charge in [-0.2, -0.15) is 0 Å². The zero-order chi connectivity index (χ0) is 14.3. The normalized spacial score (nSPS) is 12.1. The Balaban J connectivity index is 2.83. The molecule has 1 rings (SSSR count). The Morgan fingerprint density at radius 3 is 2.37 bits per heavy atom. The lowest BCUT2D eigenvalue weighted by Gasteiger charge is -2.22. The second kappa shape index (κ2) is 7.79. The van der Waals surface area contributed by atoms with Crippen LogP contribution in [0.25, 0.3) is 0 Å². The van der Waals surface area contributed by atoms with Crippen LogP contribution in [0, 0.1) is 6.92 Å². The fourth-order valence-electron chi connectivity index (χ4n) is 2.23. The van der Waals surface area contributed by atoms with E-state index in [4.69, 9.17) is 10.9 Å². The average Bonchev–Trinajstić information content (AvgIpc) is 2.40. The summed E-state index contributed by atoms with van der Waals surface area (Å²) in [5.41, 5.74) is 8.85. The Labute approximate surface area is 115 Å². The molecule has 0 amide bonds. The van der Waals surface area contributed by atoms with Crippen LogP contribution in [-0.4, -0.2) is 29.0 Å². The van der Waals surface area contributed by atoms with E-state index in [2.05, 4.69) is 36.9 Å². The number of hydrogen-bond donors (Lipinski definition) is 2. The lowest BCUT2D eigenvalue weighted by Crippen LogP contribution is -2.25. The van der Waals surface area contributed by atoms with E-state index in [0.717, 1.165) is 25.2 Å². The lowest BCUT2D eigenvalue weighted by atomic mass is 10.0. The van der Waals surface area contributed by atoms with Gasteiger partial charge in [-0.05, 0) is 50.0 Å². The van der Waals surface area contributed by atoms with Crippen LogP contribution < -0.4 is 5.73 Å². The van der Waals surface area contributed by atoms with Crippen molar-refractivity contribution >= 4 is 5.84 Å². The van der Waals surface area contributed by atoms with E-state index in [1.54, 1.807) is 0 Å². The van der Waals surface area contributed by atoms with E-state index in [-0.39, 0.29) is 5.84 Å². The van der Waals surface area contributed by atoms with Gasteiger partial charge in [-0.3, -0.25) is 4.90 Å². The first-order valence-corrected chi connectivity index (χ1v) is 6.92. The van der Waals surface area contributed by atoms with Crippen LogP contribution in [0.5, 0.6) is 0 Å². The first kappa shape index (κ1) is 15.5. The molecule has 0 saturated carbocycles. The SMILES string of the molecule is CCCN(CCC)Cc1ccc(/C(N)=N/O)cc1C. The molecule has 19 heavy (non-hydrogen) atoms. The predicted molar refractivity (Wildman–Crippen MR) is 79.5 cm³/mol. The third kappa shape index (κ3) is 4.56. The van der Waals surface area contributed by atoms with Crippen molar-refractivity contribution in [2.75, 3.05) is 13.1 Å². The molecule has 4 nitrogen and oxygen atoms in total. The Hall–Kier alpha value is -1.55. The smallest absolute Gasteiger partial charge is 0.170 e. The van der Waals surface area contributed by atoms with Gasteiger partial charge in [-0.1, -0.05) is 31.1 Å². The highest BCUT2D eigenvalue weighted by atomic mass is 16.4. The molecule has 1 aromatic rings. The largest absolute Gasteiger partial charge is 0.409 e. The summed E-state index contributed by atoms with van der Waals surface area (Å²) in [6.45, 7) is 9.68. The molecule has 4 heteroatoms. The van der Waals surface area contributed by atoms with Crippen LogP contribution >= 0.6 is 0 Å². The third-order valence-electron chi connectivity index (χ3n) is 3.22. The second-order valence-corrected chi connectivity index (χ2v) is 4.90. The standard InChI is InChI=1S/C15H25N3O/c1-4-8-18(9-5-2)11-14-7-6-13(10-12(14)3)15(16)17-19/h6-7,10,19H,4-5,8-9,11H2,1-3H3,(H2,16,17). The predicted octanol–water partition coefficient (Wildman–Crippen LogP) is 2.71. The van der Waals surface area contributed by atoms with Crippen molar-refractivity contribution in [3.8, 4) is 0 Å². The van der Waals surface area contributed by atoms with Crippen LogP contribution in [0.1, 0.15) is 43.4 Å². The molecule has 0 aliphatic rings. The quantitative estimate of drug-likeness (QED) is 0.344. The van der Waals surface area contributed by atoms with Crippen molar-refractivity contribution in [1.82, 2.24) is 4.90 Å². The number of benzene rings is 1. The molecule has 106 valence electrons. The summed E-state index contributed by atoms with van der Waals surface area (Å²) in [6, 6.07) is 5.95. The highest BCUT2D eigenvalue weighted by Gasteiger charge is 2.08. The molecule has 0 fully saturated rings. The molecule has 0 heterocycles. The highest BCUT2D eigenvalue weighted by Crippen LogP contribution is 2.14.